The summed E-state index contributed by atoms with van der Waals surface area (Å²) in [7, 11) is 0. The average Bonchev–Trinajstić information content (AvgIpc) is 2.67. The highest BCUT2D eigenvalue weighted by molar-refractivity contribution is 9.10. The van der Waals surface area contributed by atoms with Crippen molar-refractivity contribution in [2.24, 2.45) is 0 Å². The van der Waals surface area contributed by atoms with Gasteiger partial charge >= 0.3 is 0 Å². The molecular weight excluding hydrogens is 312 g/mol. The van der Waals surface area contributed by atoms with Crippen LogP contribution in [-0.2, 0) is 0 Å². The normalized spacial score (nSPS) is 11.1. The molecular formula is C14H10BrClN2. The maximum atomic E-state index is 6.05. The van der Waals surface area contributed by atoms with E-state index in [0.717, 1.165) is 21.5 Å². The van der Waals surface area contributed by atoms with Crippen LogP contribution in [-0.4, -0.2) is 9.38 Å². The maximum Gasteiger partial charge on any atom is 0.145 e. The van der Waals surface area contributed by atoms with Crippen molar-refractivity contribution in [3.8, 4) is 11.4 Å². The summed E-state index contributed by atoms with van der Waals surface area (Å²) in [5.74, 6) is 0.888. The van der Waals surface area contributed by atoms with Gasteiger partial charge in [-0.15, -0.1) is 0 Å². The number of aryl methyl sites for hydroxylation is 1. The Kier molecular flexibility index (Phi) is 2.88. The highest BCUT2D eigenvalue weighted by Gasteiger charge is 2.10. The van der Waals surface area contributed by atoms with Crippen LogP contribution in [0.1, 0.15) is 5.56 Å². The minimum absolute atomic E-state index is 0.695. The summed E-state index contributed by atoms with van der Waals surface area (Å²) in [5.41, 5.74) is 3.32. The van der Waals surface area contributed by atoms with Crippen LogP contribution in [0.3, 0.4) is 0 Å². The number of aromatic nitrogens is 2. The number of pyridine rings is 1. The van der Waals surface area contributed by atoms with Gasteiger partial charge in [-0.05, 0) is 35.0 Å². The Morgan fingerprint density at radius 1 is 1.11 bits per heavy atom. The molecule has 0 amide bonds. The van der Waals surface area contributed by atoms with Crippen LogP contribution >= 0.6 is 27.5 Å². The zero-order valence-corrected chi connectivity index (χ0v) is 12.0. The van der Waals surface area contributed by atoms with Crippen LogP contribution in [0.4, 0.5) is 0 Å². The average molecular weight is 322 g/mol. The Bertz CT molecular complexity index is 716. The summed E-state index contributed by atoms with van der Waals surface area (Å²) in [6.45, 7) is 2.07. The van der Waals surface area contributed by atoms with E-state index in [9.17, 15) is 0 Å². The zero-order valence-electron chi connectivity index (χ0n) is 9.69. The van der Waals surface area contributed by atoms with Gasteiger partial charge in [0.05, 0.1) is 10.5 Å². The number of fused-ring (bicyclic) bond motifs is 1. The third-order valence-electron chi connectivity index (χ3n) is 2.87. The molecule has 2 nitrogen and oxygen atoms in total. The lowest BCUT2D eigenvalue weighted by molar-refractivity contribution is 1.16. The van der Waals surface area contributed by atoms with E-state index in [1.165, 1.54) is 5.56 Å². The first kappa shape index (κ1) is 11.8. The molecule has 0 saturated heterocycles. The van der Waals surface area contributed by atoms with Gasteiger partial charge in [0.15, 0.2) is 0 Å². The van der Waals surface area contributed by atoms with Gasteiger partial charge in [0.25, 0.3) is 0 Å². The number of rotatable bonds is 1. The Morgan fingerprint density at radius 3 is 2.56 bits per heavy atom. The minimum atomic E-state index is 0.695. The van der Waals surface area contributed by atoms with Crippen molar-refractivity contribution in [3.05, 3.63) is 57.8 Å². The Morgan fingerprint density at radius 2 is 1.83 bits per heavy atom. The molecule has 2 heterocycles. The van der Waals surface area contributed by atoms with E-state index < -0.39 is 0 Å². The maximum absolute atomic E-state index is 6.05. The van der Waals surface area contributed by atoms with Gasteiger partial charge < -0.3 is 0 Å². The van der Waals surface area contributed by atoms with E-state index >= 15 is 0 Å². The van der Waals surface area contributed by atoms with E-state index in [0.29, 0.717) is 5.02 Å². The fourth-order valence-electron chi connectivity index (χ4n) is 1.93. The van der Waals surface area contributed by atoms with Crippen molar-refractivity contribution in [1.29, 1.82) is 0 Å². The summed E-state index contributed by atoms with van der Waals surface area (Å²) < 4.78 is 2.83. The Labute approximate surface area is 118 Å². The molecule has 3 aromatic rings. The molecule has 0 spiro atoms. The number of hydrogen-bond donors (Lipinski definition) is 0. The van der Waals surface area contributed by atoms with E-state index in [1.807, 2.05) is 22.7 Å². The highest BCUT2D eigenvalue weighted by atomic mass is 79.9. The van der Waals surface area contributed by atoms with Gasteiger partial charge in [0.2, 0.25) is 0 Å². The molecule has 0 aliphatic carbocycles. The minimum Gasteiger partial charge on any atom is -0.297 e. The molecule has 0 atom stereocenters. The van der Waals surface area contributed by atoms with Crippen molar-refractivity contribution in [1.82, 2.24) is 9.38 Å². The van der Waals surface area contributed by atoms with Gasteiger partial charge in [-0.2, -0.15) is 0 Å². The van der Waals surface area contributed by atoms with Crippen LogP contribution in [0.25, 0.3) is 16.9 Å². The molecule has 0 bridgehead atoms. The van der Waals surface area contributed by atoms with Crippen LogP contribution < -0.4 is 0 Å². The predicted molar refractivity (Wildman–Crippen MR) is 78.1 cm³/mol. The standard InChI is InChI=1S/C14H10BrClN2/c1-9-2-4-10(5-3-9)14-17-13(15)12-7-6-11(16)8-18(12)14/h2-8H,1H3. The molecule has 2 aromatic heterocycles. The van der Waals surface area contributed by atoms with Gasteiger partial charge in [0, 0.05) is 11.8 Å². The summed E-state index contributed by atoms with van der Waals surface area (Å²) in [4.78, 5) is 4.55. The summed E-state index contributed by atoms with van der Waals surface area (Å²) >= 11 is 9.53. The summed E-state index contributed by atoms with van der Waals surface area (Å²) in [6, 6.07) is 12.1. The third-order valence-corrected chi connectivity index (χ3v) is 3.67. The lowest BCUT2D eigenvalue weighted by Crippen LogP contribution is -1.89. The molecule has 0 N–H and O–H groups in total. The highest BCUT2D eigenvalue weighted by Crippen LogP contribution is 2.27. The monoisotopic (exact) mass is 320 g/mol. The lowest BCUT2D eigenvalue weighted by atomic mass is 10.1. The number of halogens is 2. The van der Waals surface area contributed by atoms with Gasteiger partial charge in [-0.1, -0.05) is 41.4 Å². The first-order valence-electron chi connectivity index (χ1n) is 5.55. The molecule has 0 unspecified atom stereocenters. The van der Waals surface area contributed by atoms with Crippen molar-refractivity contribution in [2.45, 2.75) is 6.92 Å². The smallest absolute Gasteiger partial charge is 0.145 e. The van der Waals surface area contributed by atoms with Gasteiger partial charge in [0.1, 0.15) is 10.4 Å². The molecule has 0 aliphatic rings. The fourth-order valence-corrected chi connectivity index (χ4v) is 2.58. The van der Waals surface area contributed by atoms with Crippen molar-refractivity contribution >= 4 is 33.0 Å². The molecule has 90 valence electrons. The summed E-state index contributed by atoms with van der Waals surface area (Å²) in [6.07, 6.45) is 1.88. The topological polar surface area (TPSA) is 17.3 Å². The largest absolute Gasteiger partial charge is 0.297 e. The lowest BCUT2D eigenvalue weighted by Gasteiger charge is -2.02. The van der Waals surface area contributed by atoms with Gasteiger partial charge in [-0.3, -0.25) is 4.40 Å². The second kappa shape index (κ2) is 4.41. The fraction of sp³-hybridized carbons (Fsp3) is 0.0714. The first-order chi connectivity index (χ1) is 8.65. The number of nitrogens with zero attached hydrogens (tertiary/aromatic N) is 2. The van der Waals surface area contributed by atoms with E-state index in [4.69, 9.17) is 11.6 Å². The number of imidazole rings is 1. The third kappa shape index (κ3) is 1.93. The SMILES string of the molecule is Cc1ccc(-c2nc(Br)c3ccc(Cl)cn23)cc1. The molecule has 0 radical (unpaired) electrons. The molecule has 0 aliphatic heterocycles. The Hall–Kier alpha value is -1.32. The molecule has 3 rings (SSSR count). The molecule has 18 heavy (non-hydrogen) atoms. The molecule has 1 aromatic carbocycles. The van der Waals surface area contributed by atoms with E-state index in [1.54, 1.807) is 0 Å². The van der Waals surface area contributed by atoms with Crippen molar-refractivity contribution in [3.63, 3.8) is 0 Å². The van der Waals surface area contributed by atoms with Crippen LogP contribution in [0, 0.1) is 6.92 Å². The Balaban J connectivity index is 2.28. The van der Waals surface area contributed by atoms with Gasteiger partial charge in [-0.25, -0.2) is 4.98 Å². The first-order valence-corrected chi connectivity index (χ1v) is 6.72. The molecule has 0 fully saturated rings. The van der Waals surface area contributed by atoms with Crippen LogP contribution in [0.5, 0.6) is 0 Å². The molecule has 0 saturated carbocycles. The van der Waals surface area contributed by atoms with E-state index in [-0.39, 0.29) is 0 Å². The quantitative estimate of drug-likeness (QED) is 0.633. The second-order valence-corrected chi connectivity index (χ2v) is 5.38. The van der Waals surface area contributed by atoms with Crippen LogP contribution in [0.2, 0.25) is 5.02 Å². The molecule has 4 heteroatoms. The predicted octanol–water partition coefficient (Wildman–Crippen LogP) is 4.73. The number of hydrogen-bond acceptors (Lipinski definition) is 1. The van der Waals surface area contributed by atoms with Crippen LogP contribution in [0.15, 0.2) is 47.2 Å². The zero-order chi connectivity index (χ0) is 12.7. The van der Waals surface area contributed by atoms with Crippen molar-refractivity contribution in [2.75, 3.05) is 0 Å². The van der Waals surface area contributed by atoms with E-state index in [2.05, 4.69) is 52.1 Å². The number of benzene rings is 1. The summed E-state index contributed by atoms with van der Waals surface area (Å²) in [5, 5.41) is 0.695. The second-order valence-electron chi connectivity index (χ2n) is 4.19. The van der Waals surface area contributed by atoms with Crippen molar-refractivity contribution < 1.29 is 0 Å².